The molecule has 0 aliphatic heterocycles. The van der Waals surface area contributed by atoms with Gasteiger partial charge in [0.1, 0.15) is 5.75 Å². The largest absolute Gasteiger partial charge is 0.491 e. The molecule has 0 saturated heterocycles. The van der Waals surface area contributed by atoms with Crippen molar-refractivity contribution in [2.24, 2.45) is 0 Å². The molecule has 0 radical (unpaired) electrons. The first-order valence-corrected chi connectivity index (χ1v) is 7.82. The maximum atomic E-state index is 12.1. The van der Waals surface area contributed by atoms with E-state index in [2.05, 4.69) is 10.6 Å². The molecule has 0 fully saturated rings. The number of carbonyl (C=O) groups excluding carboxylic acids is 2. The van der Waals surface area contributed by atoms with Gasteiger partial charge in [-0.05, 0) is 63.1 Å². The van der Waals surface area contributed by atoms with E-state index in [1.165, 1.54) is 0 Å². The molecule has 2 amide bonds. The van der Waals surface area contributed by atoms with E-state index < -0.39 is 11.8 Å². The van der Waals surface area contributed by atoms with Crippen LogP contribution in [0.1, 0.15) is 25.0 Å². The molecule has 24 heavy (non-hydrogen) atoms. The summed E-state index contributed by atoms with van der Waals surface area (Å²) in [5.74, 6) is -0.701. The van der Waals surface area contributed by atoms with E-state index in [9.17, 15) is 9.59 Å². The van der Waals surface area contributed by atoms with Crippen LogP contribution in [0.5, 0.6) is 5.75 Å². The fraction of sp³-hybridized carbons (Fsp3) is 0.263. The van der Waals surface area contributed by atoms with Gasteiger partial charge in [-0.3, -0.25) is 9.59 Å². The normalized spacial score (nSPS) is 10.4. The van der Waals surface area contributed by atoms with E-state index in [1.54, 1.807) is 24.3 Å². The summed E-state index contributed by atoms with van der Waals surface area (Å²) in [4.78, 5) is 24.1. The third kappa shape index (κ3) is 4.59. The number of aryl methyl sites for hydroxylation is 2. The van der Waals surface area contributed by atoms with Crippen molar-refractivity contribution in [3.8, 4) is 5.75 Å². The number of ether oxygens (including phenoxy) is 1. The molecule has 0 aliphatic carbocycles. The summed E-state index contributed by atoms with van der Waals surface area (Å²) < 4.78 is 5.53. The summed E-state index contributed by atoms with van der Waals surface area (Å²) in [6.07, 6.45) is 0.0774. The van der Waals surface area contributed by atoms with Gasteiger partial charge >= 0.3 is 11.8 Å². The first-order valence-electron chi connectivity index (χ1n) is 7.82. The zero-order chi connectivity index (χ0) is 17.7. The van der Waals surface area contributed by atoms with Gasteiger partial charge in [-0.15, -0.1) is 0 Å². The predicted octanol–water partition coefficient (Wildman–Crippen LogP) is 3.67. The Labute approximate surface area is 142 Å². The van der Waals surface area contributed by atoms with E-state index in [0.29, 0.717) is 17.1 Å². The smallest absolute Gasteiger partial charge is 0.314 e. The highest BCUT2D eigenvalue weighted by atomic mass is 16.5. The average molecular weight is 326 g/mol. The van der Waals surface area contributed by atoms with Crippen molar-refractivity contribution in [2.75, 3.05) is 10.6 Å². The highest BCUT2D eigenvalue weighted by molar-refractivity contribution is 6.43. The van der Waals surface area contributed by atoms with Gasteiger partial charge in [0.2, 0.25) is 0 Å². The van der Waals surface area contributed by atoms with Crippen molar-refractivity contribution in [2.45, 2.75) is 33.8 Å². The SMILES string of the molecule is Cc1cccc(C)c1NC(=O)C(=O)Nc1ccc(OC(C)C)cc1. The van der Waals surface area contributed by atoms with Crippen molar-refractivity contribution in [3.63, 3.8) is 0 Å². The highest BCUT2D eigenvalue weighted by Gasteiger charge is 2.16. The molecule has 2 rings (SSSR count). The minimum absolute atomic E-state index is 0.0774. The molecular weight excluding hydrogens is 304 g/mol. The molecule has 2 N–H and O–H groups in total. The molecule has 2 aromatic rings. The van der Waals surface area contributed by atoms with Gasteiger partial charge in [0.25, 0.3) is 0 Å². The van der Waals surface area contributed by atoms with E-state index >= 15 is 0 Å². The summed E-state index contributed by atoms with van der Waals surface area (Å²) in [6.45, 7) is 7.64. The second-order valence-corrected chi connectivity index (χ2v) is 5.87. The number of para-hydroxylation sites is 1. The number of hydrogen-bond acceptors (Lipinski definition) is 3. The molecule has 5 heteroatoms. The van der Waals surface area contributed by atoms with Crippen LogP contribution < -0.4 is 15.4 Å². The fourth-order valence-corrected chi connectivity index (χ4v) is 2.26. The van der Waals surface area contributed by atoms with E-state index in [1.807, 2.05) is 45.9 Å². The third-order valence-corrected chi connectivity index (χ3v) is 3.41. The number of carbonyl (C=O) groups is 2. The summed E-state index contributed by atoms with van der Waals surface area (Å²) in [7, 11) is 0. The van der Waals surface area contributed by atoms with Crippen molar-refractivity contribution >= 4 is 23.2 Å². The van der Waals surface area contributed by atoms with Gasteiger partial charge in [-0.25, -0.2) is 0 Å². The summed E-state index contributed by atoms with van der Waals surface area (Å²) in [6, 6.07) is 12.6. The van der Waals surface area contributed by atoms with Crippen LogP contribution in [0.25, 0.3) is 0 Å². The molecular formula is C19H22N2O3. The second-order valence-electron chi connectivity index (χ2n) is 5.87. The van der Waals surface area contributed by atoms with E-state index in [0.717, 1.165) is 11.1 Å². The van der Waals surface area contributed by atoms with Crippen molar-refractivity contribution < 1.29 is 14.3 Å². The average Bonchev–Trinajstić information content (AvgIpc) is 2.52. The molecule has 0 aliphatic rings. The maximum Gasteiger partial charge on any atom is 0.314 e. The molecule has 0 bridgehead atoms. The molecule has 0 heterocycles. The lowest BCUT2D eigenvalue weighted by molar-refractivity contribution is -0.133. The van der Waals surface area contributed by atoms with Crippen molar-refractivity contribution in [1.29, 1.82) is 0 Å². The van der Waals surface area contributed by atoms with Crippen molar-refractivity contribution in [3.05, 3.63) is 53.6 Å². The zero-order valence-electron chi connectivity index (χ0n) is 14.3. The quantitative estimate of drug-likeness (QED) is 0.843. The fourth-order valence-electron chi connectivity index (χ4n) is 2.26. The number of rotatable bonds is 4. The first kappa shape index (κ1) is 17.5. The second kappa shape index (κ2) is 7.64. The number of amides is 2. The van der Waals surface area contributed by atoms with Crippen LogP contribution in [0.2, 0.25) is 0 Å². The van der Waals surface area contributed by atoms with Crippen molar-refractivity contribution in [1.82, 2.24) is 0 Å². The van der Waals surface area contributed by atoms with Crippen LogP contribution in [-0.4, -0.2) is 17.9 Å². The lowest BCUT2D eigenvalue weighted by atomic mass is 10.1. The van der Waals surface area contributed by atoms with Crippen LogP contribution >= 0.6 is 0 Å². The van der Waals surface area contributed by atoms with Gasteiger partial charge in [0.15, 0.2) is 0 Å². The molecule has 2 aromatic carbocycles. The van der Waals surface area contributed by atoms with Crippen LogP contribution in [0.4, 0.5) is 11.4 Å². The van der Waals surface area contributed by atoms with E-state index in [4.69, 9.17) is 4.74 Å². The maximum absolute atomic E-state index is 12.1. The zero-order valence-corrected chi connectivity index (χ0v) is 14.3. The monoisotopic (exact) mass is 326 g/mol. The lowest BCUT2D eigenvalue weighted by Crippen LogP contribution is -2.29. The van der Waals surface area contributed by atoms with Gasteiger partial charge in [0, 0.05) is 11.4 Å². The van der Waals surface area contributed by atoms with Gasteiger partial charge in [-0.1, -0.05) is 18.2 Å². The molecule has 126 valence electrons. The minimum atomic E-state index is -0.713. The Kier molecular flexibility index (Phi) is 5.58. The Morgan fingerprint density at radius 2 is 1.42 bits per heavy atom. The van der Waals surface area contributed by atoms with Crippen LogP contribution in [0.15, 0.2) is 42.5 Å². The number of hydrogen-bond donors (Lipinski definition) is 2. The van der Waals surface area contributed by atoms with Crippen LogP contribution in [0, 0.1) is 13.8 Å². The molecule has 0 saturated carbocycles. The molecule has 5 nitrogen and oxygen atoms in total. The van der Waals surface area contributed by atoms with E-state index in [-0.39, 0.29) is 6.10 Å². The molecule has 0 unspecified atom stereocenters. The Bertz CT molecular complexity index is 717. The summed E-state index contributed by atoms with van der Waals surface area (Å²) in [5, 5.41) is 5.24. The number of benzene rings is 2. The molecule has 0 atom stereocenters. The Balaban J connectivity index is 2.00. The highest BCUT2D eigenvalue weighted by Crippen LogP contribution is 2.20. The first-order chi connectivity index (χ1) is 11.4. The number of anilines is 2. The van der Waals surface area contributed by atoms with Gasteiger partial charge in [-0.2, -0.15) is 0 Å². The minimum Gasteiger partial charge on any atom is -0.491 e. The van der Waals surface area contributed by atoms with Gasteiger partial charge in [0.05, 0.1) is 6.10 Å². The van der Waals surface area contributed by atoms with Crippen LogP contribution in [0.3, 0.4) is 0 Å². The molecule has 0 aromatic heterocycles. The number of nitrogens with one attached hydrogen (secondary N) is 2. The Hall–Kier alpha value is -2.82. The Morgan fingerprint density at radius 3 is 1.96 bits per heavy atom. The van der Waals surface area contributed by atoms with Gasteiger partial charge < -0.3 is 15.4 Å². The molecule has 0 spiro atoms. The standard InChI is InChI=1S/C19H22N2O3/c1-12(2)24-16-10-8-15(9-11-16)20-18(22)19(23)21-17-13(3)6-5-7-14(17)4/h5-12H,1-4H3,(H,20,22)(H,21,23). The summed E-state index contributed by atoms with van der Waals surface area (Å²) in [5.41, 5.74) is 3.02. The topological polar surface area (TPSA) is 67.4 Å². The predicted molar refractivity (Wildman–Crippen MR) is 95.4 cm³/mol. The Morgan fingerprint density at radius 1 is 0.875 bits per heavy atom. The summed E-state index contributed by atoms with van der Waals surface area (Å²) >= 11 is 0. The third-order valence-electron chi connectivity index (χ3n) is 3.41. The van der Waals surface area contributed by atoms with Crippen LogP contribution in [-0.2, 0) is 9.59 Å². The lowest BCUT2D eigenvalue weighted by Gasteiger charge is -2.12.